The molecule has 1 aliphatic rings. The van der Waals surface area contributed by atoms with Crippen LogP contribution in [0, 0.1) is 5.92 Å². The Morgan fingerprint density at radius 3 is 2.47 bits per heavy atom. The van der Waals surface area contributed by atoms with Gasteiger partial charge in [0, 0.05) is 25.8 Å². The molecule has 1 atom stereocenters. The predicted molar refractivity (Wildman–Crippen MR) is 135 cm³/mol. The second kappa shape index (κ2) is 7.73. The Labute approximate surface area is 196 Å². The zero-order valence-electron chi connectivity index (χ0n) is 19.2. The second-order valence-corrected chi connectivity index (χ2v) is 9.12. The van der Waals surface area contributed by atoms with E-state index in [0.717, 1.165) is 28.6 Å². The molecular formula is C27H25N5O2. The average molecular weight is 452 g/mol. The monoisotopic (exact) mass is 451 g/mol. The van der Waals surface area contributed by atoms with E-state index in [0.29, 0.717) is 29.6 Å². The van der Waals surface area contributed by atoms with E-state index in [1.807, 2.05) is 77.4 Å². The number of imidazole rings is 1. The molecule has 7 nitrogen and oxygen atoms in total. The summed E-state index contributed by atoms with van der Waals surface area (Å²) in [4.78, 5) is 34.1. The van der Waals surface area contributed by atoms with Crippen LogP contribution in [0.1, 0.15) is 12.5 Å². The van der Waals surface area contributed by atoms with Gasteiger partial charge < -0.3 is 9.47 Å². The van der Waals surface area contributed by atoms with Crippen molar-refractivity contribution in [1.29, 1.82) is 0 Å². The van der Waals surface area contributed by atoms with Gasteiger partial charge in [-0.3, -0.25) is 13.9 Å². The van der Waals surface area contributed by atoms with Crippen molar-refractivity contribution in [3.8, 4) is 0 Å². The Morgan fingerprint density at radius 2 is 1.65 bits per heavy atom. The maximum Gasteiger partial charge on any atom is 0.332 e. The molecule has 7 heteroatoms. The van der Waals surface area contributed by atoms with Crippen LogP contribution in [-0.4, -0.2) is 25.2 Å². The summed E-state index contributed by atoms with van der Waals surface area (Å²) in [7, 11) is 1.69. The number of fused-ring (bicyclic) bond motifs is 4. The molecule has 3 aromatic carbocycles. The number of aryl methyl sites for hydroxylation is 1. The molecule has 170 valence electrons. The molecule has 6 rings (SSSR count). The van der Waals surface area contributed by atoms with E-state index in [1.54, 1.807) is 7.05 Å². The Hall–Kier alpha value is -4.13. The minimum atomic E-state index is -0.361. The minimum Gasteiger partial charge on any atom is -0.312 e. The molecule has 0 aliphatic carbocycles. The average Bonchev–Trinajstić information content (AvgIpc) is 3.25. The van der Waals surface area contributed by atoms with Crippen molar-refractivity contribution in [2.24, 2.45) is 13.0 Å². The predicted octanol–water partition coefficient (Wildman–Crippen LogP) is 3.89. The number of anilines is 2. The maximum atomic E-state index is 13.8. The normalized spacial score (nSPS) is 15.7. The summed E-state index contributed by atoms with van der Waals surface area (Å²) >= 11 is 0. The molecule has 0 saturated heterocycles. The van der Waals surface area contributed by atoms with Crippen LogP contribution in [0.5, 0.6) is 0 Å². The van der Waals surface area contributed by atoms with Crippen LogP contribution in [0.2, 0.25) is 0 Å². The van der Waals surface area contributed by atoms with Gasteiger partial charge in [0.1, 0.15) is 0 Å². The number of aromatic nitrogens is 4. The Balaban J connectivity index is 1.57. The first kappa shape index (κ1) is 20.5. The molecule has 3 heterocycles. The first-order chi connectivity index (χ1) is 16.5. The zero-order chi connectivity index (χ0) is 23.4. The molecule has 0 fully saturated rings. The highest BCUT2D eigenvalue weighted by Gasteiger charge is 2.29. The van der Waals surface area contributed by atoms with Crippen LogP contribution in [-0.2, 0) is 20.1 Å². The zero-order valence-corrected chi connectivity index (χ0v) is 19.2. The van der Waals surface area contributed by atoms with Crippen molar-refractivity contribution in [3.63, 3.8) is 0 Å². The van der Waals surface area contributed by atoms with Crippen molar-refractivity contribution in [2.75, 3.05) is 11.4 Å². The highest BCUT2D eigenvalue weighted by atomic mass is 16.2. The molecule has 1 aliphatic heterocycles. The van der Waals surface area contributed by atoms with Gasteiger partial charge in [-0.2, -0.15) is 4.98 Å². The number of hydrogen-bond acceptors (Lipinski definition) is 4. The fourth-order valence-corrected chi connectivity index (χ4v) is 5.07. The lowest BCUT2D eigenvalue weighted by molar-refractivity contribution is 0.458. The molecule has 2 aromatic heterocycles. The molecule has 0 N–H and O–H groups in total. The number of nitrogens with zero attached hydrogens (tertiary/aromatic N) is 5. The third-order valence-corrected chi connectivity index (χ3v) is 6.72. The van der Waals surface area contributed by atoms with Gasteiger partial charge in [0.2, 0.25) is 5.95 Å². The summed E-state index contributed by atoms with van der Waals surface area (Å²) in [6.07, 6.45) is 0. The van der Waals surface area contributed by atoms with E-state index in [9.17, 15) is 9.59 Å². The highest BCUT2D eigenvalue weighted by molar-refractivity contribution is 5.85. The van der Waals surface area contributed by atoms with Crippen molar-refractivity contribution < 1.29 is 0 Å². The Kier molecular flexibility index (Phi) is 4.65. The molecule has 5 aromatic rings. The highest BCUT2D eigenvalue weighted by Crippen LogP contribution is 2.32. The van der Waals surface area contributed by atoms with Crippen LogP contribution in [0.3, 0.4) is 0 Å². The van der Waals surface area contributed by atoms with Crippen molar-refractivity contribution >= 4 is 33.6 Å². The Morgan fingerprint density at radius 1 is 0.912 bits per heavy atom. The number of hydrogen-bond donors (Lipinski definition) is 0. The summed E-state index contributed by atoms with van der Waals surface area (Å²) < 4.78 is 4.82. The molecule has 0 amide bonds. The molecule has 0 saturated carbocycles. The fourth-order valence-electron chi connectivity index (χ4n) is 5.07. The smallest absolute Gasteiger partial charge is 0.312 e. The first-order valence-corrected chi connectivity index (χ1v) is 11.5. The van der Waals surface area contributed by atoms with E-state index in [2.05, 4.69) is 11.8 Å². The topological polar surface area (TPSA) is 65.1 Å². The second-order valence-electron chi connectivity index (χ2n) is 9.12. The van der Waals surface area contributed by atoms with E-state index in [4.69, 9.17) is 4.98 Å². The Bertz CT molecular complexity index is 1660. The van der Waals surface area contributed by atoms with Gasteiger partial charge in [-0.05, 0) is 34.4 Å². The summed E-state index contributed by atoms with van der Waals surface area (Å²) in [6.45, 7) is 3.85. The van der Waals surface area contributed by atoms with E-state index < -0.39 is 0 Å². The molecule has 0 unspecified atom stereocenters. The lowest BCUT2D eigenvalue weighted by Crippen LogP contribution is -2.40. The number of benzene rings is 3. The van der Waals surface area contributed by atoms with Gasteiger partial charge in [0.15, 0.2) is 11.2 Å². The van der Waals surface area contributed by atoms with Gasteiger partial charge in [0.05, 0.1) is 6.54 Å². The summed E-state index contributed by atoms with van der Waals surface area (Å²) in [6, 6.07) is 24.1. The van der Waals surface area contributed by atoms with E-state index >= 15 is 0 Å². The van der Waals surface area contributed by atoms with Gasteiger partial charge >= 0.3 is 5.69 Å². The van der Waals surface area contributed by atoms with Crippen LogP contribution in [0.15, 0.2) is 82.4 Å². The van der Waals surface area contributed by atoms with Crippen molar-refractivity contribution in [1.82, 2.24) is 18.7 Å². The van der Waals surface area contributed by atoms with Gasteiger partial charge in [0.25, 0.3) is 5.56 Å². The number of para-hydroxylation sites is 1. The van der Waals surface area contributed by atoms with Crippen LogP contribution in [0.25, 0.3) is 21.9 Å². The van der Waals surface area contributed by atoms with Crippen LogP contribution >= 0.6 is 0 Å². The molecule has 34 heavy (non-hydrogen) atoms. The van der Waals surface area contributed by atoms with Crippen LogP contribution in [0.4, 0.5) is 11.6 Å². The molecule has 0 radical (unpaired) electrons. The van der Waals surface area contributed by atoms with Crippen molar-refractivity contribution in [3.05, 3.63) is 99.2 Å². The van der Waals surface area contributed by atoms with Gasteiger partial charge in [-0.25, -0.2) is 4.79 Å². The maximum absolute atomic E-state index is 13.8. The molecule has 0 spiro atoms. The summed E-state index contributed by atoms with van der Waals surface area (Å²) in [5, 5.41) is 2.12. The number of rotatable bonds is 3. The largest absolute Gasteiger partial charge is 0.332 e. The SMILES string of the molecule is C[C@@H]1CN(c2ccccc2)c2nc3c(c(=O)n(Cc4cccc5ccccc45)c(=O)n3C)n2C1. The quantitative estimate of drug-likeness (QED) is 0.418. The third kappa shape index (κ3) is 3.08. The van der Waals surface area contributed by atoms with E-state index in [-0.39, 0.29) is 17.8 Å². The van der Waals surface area contributed by atoms with Crippen LogP contribution < -0.4 is 16.1 Å². The standard InChI is InChI=1S/C27H25N5O2/c1-18-15-30(21-12-4-3-5-13-21)26-28-24-23(31(26)16-18)25(33)32(27(34)29(24)2)17-20-11-8-10-19-9-6-7-14-22(19)20/h3-14,18H,15-17H2,1-2H3/t18-/m1/s1. The van der Waals surface area contributed by atoms with Gasteiger partial charge in [-0.1, -0.05) is 67.6 Å². The third-order valence-electron chi connectivity index (χ3n) is 6.72. The van der Waals surface area contributed by atoms with Gasteiger partial charge in [-0.15, -0.1) is 0 Å². The summed E-state index contributed by atoms with van der Waals surface area (Å²) in [5.74, 6) is 1.02. The first-order valence-electron chi connectivity index (χ1n) is 11.5. The molecule has 0 bridgehead atoms. The minimum absolute atomic E-state index is 0.210. The lowest BCUT2D eigenvalue weighted by atomic mass is 10.0. The fraction of sp³-hybridized carbons (Fsp3) is 0.222. The van der Waals surface area contributed by atoms with Crippen molar-refractivity contribution in [2.45, 2.75) is 20.0 Å². The summed E-state index contributed by atoms with van der Waals surface area (Å²) in [5.41, 5.74) is 2.20. The lowest BCUT2D eigenvalue weighted by Gasteiger charge is -2.32. The van der Waals surface area contributed by atoms with E-state index in [1.165, 1.54) is 9.13 Å². The molecular weight excluding hydrogens is 426 g/mol.